The summed E-state index contributed by atoms with van der Waals surface area (Å²) in [5.41, 5.74) is 2.44. The van der Waals surface area contributed by atoms with Crippen LogP contribution in [0.1, 0.15) is 27.4 Å². The topological polar surface area (TPSA) is 71.6 Å². The molecular formula is C19H18ClN2O3+. The summed E-state index contributed by atoms with van der Waals surface area (Å²) in [6, 6.07) is 12.2. The molecule has 3 rings (SSSR count). The van der Waals surface area contributed by atoms with Gasteiger partial charge in [0.05, 0.1) is 5.69 Å². The summed E-state index contributed by atoms with van der Waals surface area (Å²) in [7, 11) is 0. The number of amides is 2. The molecule has 128 valence electrons. The molecule has 0 saturated heterocycles. The molecule has 0 unspecified atom stereocenters. The van der Waals surface area contributed by atoms with E-state index in [9.17, 15) is 9.59 Å². The number of halogens is 1. The fourth-order valence-electron chi connectivity index (χ4n) is 2.85. The third kappa shape index (κ3) is 3.21. The Bertz CT molecular complexity index is 863. The Morgan fingerprint density at radius 1 is 1.24 bits per heavy atom. The van der Waals surface area contributed by atoms with Crippen molar-refractivity contribution in [3.63, 3.8) is 0 Å². The van der Waals surface area contributed by atoms with Crippen LogP contribution in [0.4, 0.5) is 5.69 Å². The standard InChI is InChI=1S/C19H17ClN2O3/c1-12-6-7-13(10-17(12)20)22-18(24)15-5-3-2-4-14(15)16(19(22)25)11-21-8-9-23/h2-7,10-11,16,23H,8-9H2,1H3/p+1/t16-/m0/s1. The third-order valence-electron chi connectivity index (χ3n) is 4.17. The fourth-order valence-corrected chi connectivity index (χ4v) is 3.02. The SMILES string of the molecule is Cc1ccc(N2C(=O)c3ccccc3[C@H](C=[NH+]CCO)C2=O)cc1Cl. The molecule has 1 aliphatic heterocycles. The zero-order chi connectivity index (χ0) is 18.0. The molecule has 0 radical (unpaired) electrons. The molecule has 5 nitrogen and oxygen atoms in total. The Labute approximate surface area is 150 Å². The highest BCUT2D eigenvalue weighted by atomic mass is 35.5. The van der Waals surface area contributed by atoms with Gasteiger partial charge < -0.3 is 5.11 Å². The summed E-state index contributed by atoms with van der Waals surface area (Å²) >= 11 is 6.17. The van der Waals surface area contributed by atoms with Crippen molar-refractivity contribution in [3.8, 4) is 0 Å². The van der Waals surface area contributed by atoms with Gasteiger partial charge in [0.25, 0.3) is 11.8 Å². The average molecular weight is 358 g/mol. The minimum absolute atomic E-state index is 0.0464. The van der Waals surface area contributed by atoms with Gasteiger partial charge in [0.1, 0.15) is 12.5 Å². The van der Waals surface area contributed by atoms with Gasteiger partial charge in [-0.1, -0.05) is 35.9 Å². The van der Waals surface area contributed by atoms with Gasteiger partial charge in [-0.2, -0.15) is 0 Å². The maximum atomic E-state index is 13.0. The predicted molar refractivity (Wildman–Crippen MR) is 96.2 cm³/mol. The highest BCUT2D eigenvalue weighted by Gasteiger charge is 2.40. The van der Waals surface area contributed by atoms with E-state index >= 15 is 0 Å². The molecule has 0 bridgehead atoms. The smallest absolute Gasteiger partial charge is 0.265 e. The highest BCUT2D eigenvalue weighted by molar-refractivity contribution is 6.33. The zero-order valence-corrected chi connectivity index (χ0v) is 14.5. The first-order valence-electron chi connectivity index (χ1n) is 7.95. The van der Waals surface area contributed by atoms with Crippen molar-refractivity contribution in [2.24, 2.45) is 0 Å². The van der Waals surface area contributed by atoms with Crippen LogP contribution in [0.2, 0.25) is 5.02 Å². The molecular weight excluding hydrogens is 340 g/mol. The number of nitrogens with zero attached hydrogens (tertiary/aromatic N) is 1. The second-order valence-electron chi connectivity index (χ2n) is 5.82. The molecule has 2 amide bonds. The predicted octanol–water partition coefficient (Wildman–Crippen LogP) is 1.06. The minimum Gasteiger partial charge on any atom is -0.390 e. The van der Waals surface area contributed by atoms with Gasteiger partial charge in [0, 0.05) is 10.6 Å². The van der Waals surface area contributed by atoms with Crippen molar-refractivity contribution in [3.05, 3.63) is 64.2 Å². The lowest BCUT2D eigenvalue weighted by Gasteiger charge is -2.30. The van der Waals surface area contributed by atoms with Crippen molar-refractivity contribution >= 4 is 35.3 Å². The quantitative estimate of drug-likeness (QED) is 0.635. The summed E-state index contributed by atoms with van der Waals surface area (Å²) in [6.07, 6.45) is 1.62. The van der Waals surface area contributed by atoms with Crippen LogP contribution in [0.25, 0.3) is 0 Å². The molecule has 0 aliphatic carbocycles. The van der Waals surface area contributed by atoms with Crippen LogP contribution in [0.5, 0.6) is 0 Å². The van der Waals surface area contributed by atoms with Gasteiger partial charge in [-0.15, -0.1) is 0 Å². The van der Waals surface area contributed by atoms with Crippen LogP contribution in [0, 0.1) is 6.92 Å². The highest BCUT2D eigenvalue weighted by Crippen LogP contribution is 2.33. The second-order valence-corrected chi connectivity index (χ2v) is 6.23. The summed E-state index contributed by atoms with van der Waals surface area (Å²) in [6.45, 7) is 2.14. The van der Waals surface area contributed by atoms with Crippen LogP contribution in [0.15, 0.2) is 42.5 Å². The first-order chi connectivity index (χ1) is 12.0. The van der Waals surface area contributed by atoms with E-state index in [0.717, 1.165) is 10.5 Å². The van der Waals surface area contributed by atoms with E-state index in [4.69, 9.17) is 16.7 Å². The molecule has 0 spiro atoms. The Morgan fingerprint density at radius 3 is 2.72 bits per heavy atom. The molecule has 2 aromatic carbocycles. The van der Waals surface area contributed by atoms with Crippen molar-refractivity contribution in [2.75, 3.05) is 18.1 Å². The van der Waals surface area contributed by atoms with E-state index in [2.05, 4.69) is 4.99 Å². The molecule has 1 atom stereocenters. The molecule has 0 aromatic heterocycles. The summed E-state index contributed by atoms with van der Waals surface area (Å²) in [5, 5.41) is 9.44. The number of aryl methyl sites for hydroxylation is 1. The zero-order valence-electron chi connectivity index (χ0n) is 13.7. The number of carbonyl (C=O) groups excluding carboxylic acids is 2. The van der Waals surface area contributed by atoms with Gasteiger partial charge in [-0.3, -0.25) is 9.59 Å². The molecule has 1 heterocycles. The lowest BCUT2D eigenvalue weighted by Crippen LogP contribution is -2.71. The van der Waals surface area contributed by atoms with Crippen molar-refractivity contribution in [1.82, 2.24) is 0 Å². The van der Waals surface area contributed by atoms with Crippen molar-refractivity contribution in [2.45, 2.75) is 12.8 Å². The first kappa shape index (κ1) is 17.3. The average Bonchev–Trinajstić information content (AvgIpc) is 2.61. The Morgan fingerprint density at radius 2 is 2.00 bits per heavy atom. The van der Waals surface area contributed by atoms with Gasteiger partial charge in [-0.05, 0) is 36.2 Å². The van der Waals surface area contributed by atoms with E-state index in [1.807, 2.05) is 6.92 Å². The number of benzene rings is 2. The van der Waals surface area contributed by atoms with E-state index in [1.165, 1.54) is 0 Å². The first-order valence-corrected chi connectivity index (χ1v) is 8.33. The minimum atomic E-state index is -0.625. The van der Waals surface area contributed by atoms with Crippen LogP contribution in [-0.4, -0.2) is 36.3 Å². The number of fused-ring (bicyclic) bond motifs is 1. The summed E-state index contributed by atoms with van der Waals surface area (Å²) in [5.74, 6) is -1.35. The van der Waals surface area contributed by atoms with Gasteiger partial charge in [0.15, 0.2) is 12.8 Å². The number of rotatable bonds is 4. The van der Waals surface area contributed by atoms with Crippen LogP contribution in [0.3, 0.4) is 0 Å². The number of hydrogen-bond donors (Lipinski definition) is 2. The summed E-state index contributed by atoms with van der Waals surface area (Å²) in [4.78, 5) is 30.0. The molecule has 2 N–H and O–H groups in total. The lowest BCUT2D eigenvalue weighted by atomic mass is 9.89. The van der Waals surface area contributed by atoms with Gasteiger partial charge in [-0.25, -0.2) is 9.89 Å². The molecule has 6 heteroatoms. The Balaban J connectivity index is 2.10. The van der Waals surface area contributed by atoms with E-state index in [-0.39, 0.29) is 18.4 Å². The van der Waals surface area contributed by atoms with Gasteiger partial charge in [0.2, 0.25) is 0 Å². The number of aliphatic hydroxyl groups is 1. The number of hydrogen-bond acceptors (Lipinski definition) is 3. The second kappa shape index (κ2) is 7.17. The van der Waals surface area contributed by atoms with Gasteiger partial charge >= 0.3 is 0 Å². The molecule has 25 heavy (non-hydrogen) atoms. The third-order valence-corrected chi connectivity index (χ3v) is 4.58. The van der Waals surface area contributed by atoms with Crippen LogP contribution in [-0.2, 0) is 4.79 Å². The maximum absolute atomic E-state index is 13.0. The number of aliphatic hydroxyl groups excluding tert-OH is 1. The number of anilines is 1. The Hall–Kier alpha value is -2.50. The summed E-state index contributed by atoms with van der Waals surface area (Å²) < 4.78 is 0. The van der Waals surface area contributed by atoms with Crippen LogP contribution >= 0.6 is 11.6 Å². The maximum Gasteiger partial charge on any atom is 0.265 e. The molecule has 2 aromatic rings. The molecule has 1 aliphatic rings. The molecule has 0 fully saturated rings. The number of nitrogens with one attached hydrogen (secondary N) is 1. The fraction of sp³-hybridized carbons (Fsp3) is 0.211. The normalized spacial score (nSPS) is 17.2. The van der Waals surface area contributed by atoms with Crippen molar-refractivity contribution in [1.29, 1.82) is 0 Å². The van der Waals surface area contributed by atoms with E-state index in [1.54, 1.807) is 48.7 Å². The number of imide groups is 1. The largest absolute Gasteiger partial charge is 0.390 e. The van der Waals surface area contributed by atoms with E-state index < -0.39 is 5.92 Å². The van der Waals surface area contributed by atoms with E-state index in [0.29, 0.717) is 28.4 Å². The number of carbonyl (C=O) groups is 2. The monoisotopic (exact) mass is 357 g/mol. The lowest BCUT2D eigenvalue weighted by molar-refractivity contribution is -0.456. The molecule has 0 saturated carbocycles. The van der Waals surface area contributed by atoms with Crippen molar-refractivity contribution < 1.29 is 19.7 Å². The van der Waals surface area contributed by atoms with Crippen LogP contribution < -0.4 is 9.89 Å². The Kier molecular flexibility index (Phi) is 4.97.